The van der Waals surface area contributed by atoms with Crippen LogP contribution in [0.1, 0.15) is 0 Å². The molecule has 0 aliphatic rings. The van der Waals surface area contributed by atoms with Crippen molar-refractivity contribution in [2.75, 3.05) is 11.4 Å². The van der Waals surface area contributed by atoms with Gasteiger partial charge in [0, 0.05) is 7.05 Å². The average molecular weight is 350 g/mol. The average Bonchev–Trinajstić information content (AvgIpc) is 2.75. The molecule has 1 aromatic heterocycles. The van der Waals surface area contributed by atoms with Gasteiger partial charge in [-0.25, -0.2) is 12.8 Å². The van der Waals surface area contributed by atoms with Crippen LogP contribution in [-0.4, -0.2) is 15.5 Å². The van der Waals surface area contributed by atoms with E-state index in [2.05, 4.69) is 15.9 Å². The van der Waals surface area contributed by atoms with Gasteiger partial charge in [0.05, 0.1) is 9.47 Å². The highest BCUT2D eigenvalue weighted by molar-refractivity contribution is 9.11. The van der Waals surface area contributed by atoms with Crippen LogP contribution in [0.25, 0.3) is 0 Å². The number of hydrogen-bond acceptors (Lipinski definition) is 3. The van der Waals surface area contributed by atoms with Crippen molar-refractivity contribution in [2.24, 2.45) is 0 Å². The summed E-state index contributed by atoms with van der Waals surface area (Å²) in [6.45, 7) is 0. The Morgan fingerprint density at radius 2 is 2.00 bits per heavy atom. The van der Waals surface area contributed by atoms with E-state index in [1.807, 2.05) is 0 Å². The lowest BCUT2D eigenvalue weighted by molar-refractivity contribution is 0.596. The van der Waals surface area contributed by atoms with E-state index in [1.165, 1.54) is 31.3 Å². The fraction of sp³-hybridized carbons (Fsp3) is 0.0909. The molecular formula is C11H9BrFNO2S2. The Morgan fingerprint density at radius 1 is 1.28 bits per heavy atom. The fourth-order valence-corrected chi connectivity index (χ4v) is 4.75. The molecule has 0 saturated carbocycles. The van der Waals surface area contributed by atoms with Crippen molar-refractivity contribution in [3.8, 4) is 0 Å². The van der Waals surface area contributed by atoms with Crippen molar-refractivity contribution < 1.29 is 12.8 Å². The van der Waals surface area contributed by atoms with Crippen LogP contribution in [0.15, 0.2) is 44.4 Å². The molecule has 0 aliphatic carbocycles. The maximum atomic E-state index is 13.1. The van der Waals surface area contributed by atoms with E-state index in [-0.39, 0.29) is 4.21 Å². The summed E-state index contributed by atoms with van der Waals surface area (Å²) in [4.78, 5) is 0. The van der Waals surface area contributed by atoms with Gasteiger partial charge in [0.15, 0.2) is 0 Å². The van der Waals surface area contributed by atoms with Gasteiger partial charge >= 0.3 is 0 Å². The van der Waals surface area contributed by atoms with Crippen LogP contribution in [0.5, 0.6) is 0 Å². The van der Waals surface area contributed by atoms with Crippen LogP contribution >= 0.6 is 27.3 Å². The Bertz CT molecular complexity index is 669. The molecule has 0 aliphatic heterocycles. The standard InChI is InChI=1S/C11H9BrFNO2S2/c1-14(9-4-2-3-8(13)7-9)18(15,16)11-6-5-10(12)17-11/h2-7H,1H3. The van der Waals surface area contributed by atoms with E-state index in [0.29, 0.717) is 5.69 Å². The molecule has 0 N–H and O–H groups in total. The highest BCUT2D eigenvalue weighted by atomic mass is 79.9. The predicted octanol–water partition coefficient (Wildman–Crippen LogP) is 3.47. The number of nitrogens with zero attached hydrogens (tertiary/aromatic N) is 1. The number of rotatable bonds is 3. The molecule has 0 fully saturated rings. The van der Waals surface area contributed by atoms with Crippen molar-refractivity contribution in [1.29, 1.82) is 0 Å². The van der Waals surface area contributed by atoms with Gasteiger partial charge in [0.2, 0.25) is 0 Å². The normalized spacial score (nSPS) is 11.5. The molecule has 0 unspecified atom stereocenters. The van der Waals surface area contributed by atoms with Gasteiger partial charge in [-0.2, -0.15) is 0 Å². The summed E-state index contributed by atoms with van der Waals surface area (Å²) in [5.74, 6) is -0.470. The Labute approximate surface area is 117 Å². The molecule has 1 aromatic carbocycles. The summed E-state index contributed by atoms with van der Waals surface area (Å²) >= 11 is 4.33. The molecule has 0 spiro atoms. The van der Waals surface area contributed by atoms with Gasteiger partial charge in [0.25, 0.3) is 10.0 Å². The summed E-state index contributed by atoms with van der Waals surface area (Å²) in [7, 11) is -2.23. The van der Waals surface area contributed by atoms with Gasteiger partial charge in [0.1, 0.15) is 10.0 Å². The molecular weight excluding hydrogens is 341 g/mol. The zero-order chi connectivity index (χ0) is 13.3. The zero-order valence-electron chi connectivity index (χ0n) is 9.30. The van der Waals surface area contributed by atoms with Crippen molar-refractivity contribution in [3.63, 3.8) is 0 Å². The SMILES string of the molecule is CN(c1cccc(F)c1)S(=O)(=O)c1ccc(Br)s1. The lowest BCUT2D eigenvalue weighted by Crippen LogP contribution is -2.25. The maximum Gasteiger partial charge on any atom is 0.273 e. The Hall–Kier alpha value is -0.920. The maximum absolute atomic E-state index is 13.1. The monoisotopic (exact) mass is 349 g/mol. The van der Waals surface area contributed by atoms with Crippen molar-refractivity contribution in [1.82, 2.24) is 0 Å². The highest BCUT2D eigenvalue weighted by Crippen LogP contribution is 2.30. The first-order valence-electron chi connectivity index (χ1n) is 4.91. The molecule has 2 aromatic rings. The van der Waals surface area contributed by atoms with Crippen LogP contribution in [0.2, 0.25) is 0 Å². The van der Waals surface area contributed by atoms with Crippen LogP contribution in [0.3, 0.4) is 0 Å². The summed E-state index contributed by atoms with van der Waals surface area (Å²) in [6, 6.07) is 8.65. The third kappa shape index (κ3) is 2.57. The van der Waals surface area contributed by atoms with E-state index in [1.54, 1.807) is 12.1 Å². The minimum Gasteiger partial charge on any atom is -0.269 e. The minimum atomic E-state index is -3.63. The molecule has 0 atom stereocenters. The molecule has 2 rings (SSSR count). The number of halogens is 2. The van der Waals surface area contributed by atoms with E-state index >= 15 is 0 Å². The smallest absolute Gasteiger partial charge is 0.269 e. The predicted molar refractivity (Wildman–Crippen MR) is 74.0 cm³/mol. The zero-order valence-corrected chi connectivity index (χ0v) is 12.5. The fourth-order valence-electron chi connectivity index (χ4n) is 1.38. The van der Waals surface area contributed by atoms with Gasteiger partial charge in [-0.15, -0.1) is 11.3 Å². The van der Waals surface area contributed by atoms with Crippen LogP contribution in [0.4, 0.5) is 10.1 Å². The number of benzene rings is 1. The summed E-state index contributed by atoms with van der Waals surface area (Å²) < 4.78 is 39.6. The van der Waals surface area contributed by atoms with Crippen molar-refractivity contribution >= 4 is 43.0 Å². The Balaban J connectivity index is 2.42. The molecule has 0 saturated heterocycles. The first-order valence-corrected chi connectivity index (χ1v) is 7.96. The molecule has 7 heteroatoms. The summed E-state index contributed by atoms with van der Waals surface area (Å²) in [5.41, 5.74) is 0.291. The van der Waals surface area contributed by atoms with Crippen LogP contribution in [-0.2, 0) is 10.0 Å². The van der Waals surface area contributed by atoms with Crippen LogP contribution in [0, 0.1) is 5.82 Å². The van der Waals surface area contributed by atoms with Gasteiger partial charge in [-0.05, 0) is 46.3 Å². The van der Waals surface area contributed by atoms with Gasteiger partial charge in [-0.1, -0.05) is 6.07 Å². The quantitative estimate of drug-likeness (QED) is 0.850. The van der Waals surface area contributed by atoms with Crippen LogP contribution < -0.4 is 4.31 Å². The highest BCUT2D eigenvalue weighted by Gasteiger charge is 2.23. The Morgan fingerprint density at radius 3 is 2.56 bits per heavy atom. The van der Waals surface area contributed by atoms with E-state index in [4.69, 9.17) is 0 Å². The molecule has 18 heavy (non-hydrogen) atoms. The largest absolute Gasteiger partial charge is 0.273 e. The second-order valence-corrected chi connectivity index (χ2v) is 8.17. The first kappa shape index (κ1) is 13.5. The van der Waals surface area contributed by atoms with E-state index < -0.39 is 15.8 Å². The molecule has 0 radical (unpaired) electrons. The van der Waals surface area contributed by atoms with E-state index in [9.17, 15) is 12.8 Å². The lowest BCUT2D eigenvalue weighted by atomic mass is 10.3. The summed E-state index contributed by atoms with van der Waals surface area (Å²) in [5, 5.41) is 0. The molecule has 1 heterocycles. The molecule has 0 bridgehead atoms. The van der Waals surface area contributed by atoms with E-state index in [0.717, 1.165) is 19.4 Å². The number of anilines is 1. The number of hydrogen-bond donors (Lipinski definition) is 0. The van der Waals surface area contributed by atoms with Gasteiger partial charge < -0.3 is 0 Å². The number of sulfonamides is 1. The van der Waals surface area contributed by atoms with Gasteiger partial charge in [-0.3, -0.25) is 4.31 Å². The molecule has 96 valence electrons. The third-order valence-corrected chi connectivity index (χ3v) is 6.21. The first-order chi connectivity index (χ1) is 8.41. The molecule has 0 amide bonds. The second kappa shape index (κ2) is 4.99. The second-order valence-electron chi connectivity index (χ2n) is 3.51. The lowest BCUT2D eigenvalue weighted by Gasteiger charge is -2.18. The topological polar surface area (TPSA) is 37.4 Å². The van der Waals surface area contributed by atoms with Crippen molar-refractivity contribution in [3.05, 3.63) is 46.0 Å². The minimum absolute atomic E-state index is 0.209. The molecule has 3 nitrogen and oxygen atoms in total. The van der Waals surface area contributed by atoms with Crippen molar-refractivity contribution in [2.45, 2.75) is 4.21 Å². The third-order valence-electron chi connectivity index (χ3n) is 2.34. The number of thiophene rings is 1. The summed E-state index contributed by atoms with van der Waals surface area (Å²) in [6.07, 6.45) is 0. The Kier molecular flexibility index (Phi) is 3.74.